The van der Waals surface area contributed by atoms with Crippen LogP contribution in [0.5, 0.6) is 0 Å². The Morgan fingerprint density at radius 3 is 2.62 bits per heavy atom. The molecular weight excluding hydrogens is 326 g/mol. The number of aryl methyl sites for hydroxylation is 1. The minimum atomic E-state index is 0.666. The van der Waals surface area contributed by atoms with Gasteiger partial charge in [-0.1, -0.05) is 0 Å². The Balaban J connectivity index is 1.54. The summed E-state index contributed by atoms with van der Waals surface area (Å²) in [5.41, 5.74) is 2.69. The zero-order valence-electron chi connectivity index (χ0n) is 14.2. The molecule has 0 bridgehead atoms. The van der Waals surface area contributed by atoms with Crippen LogP contribution in [0.15, 0.2) is 78.1 Å². The third-order valence-electron chi connectivity index (χ3n) is 4.05. The van der Waals surface area contributed by atoms with Gasteiger partial charge in [0.25, 0.3) is 0 Å². The fourth-order valence-electron chi connectivity index (χ4n) is 2.72. The number of rotatable bonds is 7. The largest absolute Gasteiger partial charge is 0.472 e. The summed E-state index contributed by atoms with van der Waals surface area (Å²) in [6.45, 7) is 1.80. The van der Waals surface area contributed by atoms with E-state index >= 15 is 0 Å². The molecule has 0 radical (unpaired) electrons. The van der Waals surface area contributed by atoms with Crippen molar-refractivity contribution in [3.8, 4) is 22.6 Å². The summed E-state index contributed by atoms with van der Waals surface area (Å²) < 4.78 is 7.37. The van der Waals surface area contributed by atoms with E-state index in [2.05, 4.69) is 37.2 Å². The van der Waals surface area contributed by atoms with E-state index in [-0.39, 0.29) is 0 Å². The number of hydrogen-bond donors (Lipinski definition) is 1. The van der Waals surface area contributed by atoms with Gasteiger partial charge in [0.05, 0.1) is 18.2 Å². The van der Waals surface area contributed by atoms with Gasteiger partial charge in [-0.15, -0.1) is 0 Å². The van der Waals surface area contributed by atoms with Crippen molar-refractivity contribution < 1.29 is 4.42 Å². The van der Waals surface area contributed by atoms with Crippen molar-refractivity contribution in [2.45, 2.75) is 13.0 Å². The predicted octanol–water partition coefficient (Wildman–Crippen LogP) is 4.10. The molecule has 0 aliphatic rings. The van der Waals surface area contributed by atoms with Gasteiger partial charge in [0.1, 0.15) is 5.82 Å². The van der Waals surface area contributed by atoms with Crippen LogP contribution < -0.4 is 5.32 Å². The molecule has 4 aromatic heterocycles. The van der Waals surface area contributed by atoms with Crippen molar-refractivity contribution in [3.05, 3.63) is 73.7 Å². The van der Waals surface area contributed by atoms with Crippen LogP contribution in [-0.2, 0) is 6.54 Å². The van der Waals surface area contributed by atoms with Gasteiger partial charge in [-0.3, -0.25) is 4.98 Å². The quantitative estimate of drug-likeness (QED) is 0.511. The Hall–Kier alpha value is -3.41. The van der Waals surface area contributed by atoms with Crippen molar-refractivity contribution >= 4 is 5.82 Å². The molecule has 1 N–H and O–H groups in total. The molecule has 26 heavy (non-hydrogen) atoms. The Morgan fingerprint density at radius 2 is 1.85 bits per heavy atom. The lowest BCUT2D eigenvalue weighted by molar-refractivity contribution is 0.568. The standard InChI is InChI=1S/C20H19N5O/c1-2-11-25(10-1)12-3-7-22-19-14-18(17-6-13-26-15-17)23-20(24-19)16-4-8-21-9-5-16/h1-2,4-6,8-11,13-15H,3,7,12H2,(H,22,23,24). The first kappa shape index (κ1) is 16.1. The lowest BCUT2D eigenvalue weighted by Crippen LogP contribution is -2.08. The Kier molecular flexibility index (Phi) is 4.73. The van der Waals surface area contributed by atoms with Gasteiger partial charge in [0.2, 0.25) is 0 Å². The maximum Gasteiger partial charge on any atom is 0.162 e. The number of furan rings is 1. The van der Waals surface area contributed by atoms with E-state index in [1.807, 2.05) is 36.4 Å². The second kappa shape index (κ2) is 7.65. The van der Waals surface area contributed by atoms with E-state index in [9.17, 15) is 0 Å². The highest BCUT2D eigenvalue weighted by molar-refractivity contribution is 5.66. The first-order chi connectivity index (χ1) is 12.9. The van der Waals surface area contributed by atoms with Crippen molar-refractivity contribution in [2.24, 2.45) is 0 Å². The number of hydrogen-bond acceptors (Lipinski definition) is 5. The highest BCUT2D eigenvalue weighted by Gasteiger charge is 2.09. The average Bonchev–Trinajstić information content (AvgIpc) is 3.40. The Morgan fingerprint density at radius 1 is 1.00 bits per heavy atom. The highest BCUT2D eigenvalue weighted by Crippen LogP contribution is 2.24. The molecule has 0 saturated heterocycles. The second-order valence-electron chi connectivity index (χ2n) is 5.91. The van der Waals surface area contributed by atoms with Crippen molar-refractivity contribution in [2.75, 3.05) is 11.9 Å². The summed E-state index contributed by atoms with van der Waals surface area (Å²) in [5.74, 6) is 1.47. The molecule has 0 fully saturated rings. The normalized spacial score (nSPS) is 10.8. The van der Waals surface area contributed by atoms with Gasteiger partial charge >= 0.3 is 0 Å². The summed E-state index contributed by atoms with van der Waals surface area (Å²) in [4.78, 5) is 13.4. The van der Waals surface area contributed by atoms with Gasteiger partial charge in [0.15, 0.2) is 5.82 Å². The van der Waals surface area contributed by atoms with Crippen LogP contribution in [0.4, 0.5) is 5.82 Å². The van der Waals surface area contributed by atoms with Crippen molar-refractivity contribution in [1.29, 1.82) is 0 Å². The molecule has 6 heteroatoms. The van der Waals surface area contributed by atoms with Crippen LogP contribution in [0.25, 0.3) is 22.6 Å². The smallest absolute Gasteiger partial charge is 0.162 e. The van der Waals surface area contributed by atoms with Gasteiger partial charge in [-0.25, -0.2) is 9.97 Å². The first-order valence-corrected chi connectivity index (χ1v) is 8.55. The Bertz CT molecular complexity index is 934. The average molecular weight is 345 g/mol. The molecule has 0 aromatic carbocycles. The number of aromatic nitrogens is 4. The SMILES string of the molecule is c1ccn(CCCNc2cc(-c3ccoc3)nc(-c3ccncc3)n2)c1. The molecule has 4 rings (SSSR count). The van der Waals surface area contributed by atoms with Crippen LogP contribution in [0.3, 0.4) is 0 Å². The molecule has 4 heterocycles. The molecule has 0 spiro atoms. The predicted molar refractivity (Wildman–Crippen MR) is 101 cm³/mol. The molecule has 0 aliphatic heterocycles. The fraction of sp³-hybridized carbons (Fsp3) is 0.150. The van der Waals surface area contributed by atoms with E-state index in [1.165, 1.54) is 0 Å². The van der Waals surface area contributed by atoms with Gasteiger partial charge in [-0.05, 0) is 36.8 Å². The minimum Gasteiger partial charge on any atom is -0.472 e. The zero-order valence-corrected chi connectivity index (χ0v) is 14.2. The second-order valence-corrected chi connectivity index (χ2v) is 5.91. The van der Waals surface area contributed by atoms with E-state index in [4.69, 9.17) is 4.42 Å². The van der Waals surface area contributed by atoms with Crippen LogP contribution in [0.2, 0.25) is 0 Å². The van der Waals surface area contributed by atoms with Crippen molar-refractivity contribution in [3.63, 3.8) is 0 Å². The molecule has 0 amide bonds. The topological polar surface area (TPSA) is 68.8 Å². The monoisotopic (exact) mass is 345 g/mol. The lowest BCUT2D eigenvalue weighted by Gasteiger charge is -2.10. The summed E-state index contributed by atoms with van der Waals surface area (Å²) in [6, 6.07) is 11.7. The van der Waals surface area contributed by atoms with Gasteiger partial charge in [0, 0.05) is 55.1 Å². The van der Waals surface area contributed by atoms with E-state index in [1.54, 1.807) is 24.9 Å². The molecule has 6 nitrogen and oxygen atoms in total. The summed E-state index contributed by atoms with van der Waals surface area (Å²) in [6.07, 6.45) is 12.0. The fourth-order valence-corrected chi connectivity index (χ4v) is 2.72. The maximum absolute atomic E-state index is 5.20. The zero-order chi connectivity index (χ0) is 17.6. The van der Waals surface area contributed by atoms with E-state index in [0.717, 1.165) is 42.1 Å². The number of anilines is 1. The molecule has 0 unspecified atom stereocenters. The van der Waals surface area contributed by atoms with Crippen LogP contribution in [-0.4, -0.2) is 26.1 Å². The molecule has 0 atom stereocenters. The van der Waals surface area contributed by atoms with Crippen LogP contribution >= 0.6 is 0 Å². The third-order valence-corrected chi connectivity index (χ3v) is 4.05. The minimum absolute atomic E-state index is 0.666. The number of pyridine rings is 1. The number of nitrogens with one attached hydrogen (secondary N) is 1. The molecule has 130 valence electrons. The summed E-state index contributed by atoms with van der Waals surface area (Å²) >= 11 is 0. The van der Waals surface area contributed by atoms with Crippen molar-refractivity contribution in [1.82, 2.24) is 19.5 Å². The first-order valence-electron chi connectivity index (χ1n) is 8.55. The van der Waals surface area contributed by atoms with E-state index in [0.29, 0.717) is 5.82 Å². The van der Waals surface area contributed by atoms with Crippen LogP contribution in [0, 0.1) is 0 Å². The summed E-state index contributed by atoms with van der Waals surface area (Å²) in [7, 11) is 0. The Labute approximate surface area is 151 Å². The molecular formula is C20H19N5O. The summed E-state index contributed by atoms with van der Waals surface area (Å²) in [5, 5.41) is 3.41. The highest BCUT2D eigenvalue weighted by atomic mass is 16.3. The van der Waals surface area contributed by atoms with Gasteiger partial charge < -0.3 is 14.3 Å². The molecule has 4 aromatic rings. The molecule has 0 saturated carbocycles. The van der Waals surface area contributed by atoms with Gasteiger partial charge in [-0.2, -0.15) is 0 Å². The maximum atomic E-state index is 5.20. The van der Waals surface area contributed by atoms with Crippen LogP contribution in [0.1, 0.15) is 6.42 Å². The number of nitrogens with zero attached hydrogens (tertiary/aromatic N) is 4. The lowest BCUT2D eigenvalue weighted by atomic mass is 10.2. The molecule has 0 aliphatic carbocycles. The van der Waals surface area contributed by atoms with E-state index < -0.39 is 0 Å². The third kappa shape index (κ3) is 3.80.